The Morgan fingerprint density at radius 3 is 1.54 bits per heavy atom. The van der Waals surface area contributed by atoms with Crippen molar-refractivity contribution < 1.29 is 53.5 Å². The minimum absolute atomic E-state index is 0. The van der Waals surface area contributed by atoms with E-state index in [-0.39, 0.29) is 37.7 Å². The summed E-state index contributed by atoms with van der Waals surface area (Å²) in [5.41, 5.74) is 0.870. The first kappa shape index (κ1) is 37.4. The van der Waals surface area contributed by atoms with Gasteiger partial charge in [0.25, 0.3) is 11.8 Å². The van der Waals surface area contributed by atoms with E-state index in [9.17, 15) is 48.8 Å². The van der Waals surface area contributed by atoms with Gasteiger partial charge in [-0.1, -0.05) is 0 Å². The van der Waals surface area contributed by atoms with Crippen LogP contribution < -0.4 is 20.5 Å². The minimum atomic E-state index is -3.89. The van der Waals surface area contributed by atoms with E-state index in [4.69, 9.17) is 10.5 Å². The largest absolute Gasteiger partial charge is 0.444 e. The summed E-state index contributed by atoms with van der Waals surface area (Å²) in [5, 5.41) is 0.881. The number of amides is 3. The normalized spacial score (nSPS) is 28.6. The van der Waals surface area contributed by atoms with Gasteiger partial charge >= 0.3 is 6.09 Å². The second-order valence-corrected chi connectivity index (χ2v) is 15.2. The van der Waals surface area contributed by atoms with Crippen molar-refractivity contribution in [2.45, 2.75) is 99.3 Å². The Kier molecular flexibility index (Phi) is 11.4. The highest BCUT2D eigenvalue weighted by molar-refractivity contribution is 7.91. The minimum Gasteiger partial charge on any atom is -0.444 e. The highest BCUT2D eigenvalue weighted by Gasteiger charge is 2.66. The molecule has 5 N–H and O–H groups in total. The molecule has 4 saturated carbocycles. The van der Waals surface area contributed by atoms with Crippen molar-refractivity contribution in [2.24, 2.45) is 17.6 Å². The first-order valence-electron chi connectivity index (χ1n) is 12.1. The molecule has 4 rings (SSSR count). The van der Waals surface area contributed by atoms with Gasteiger partial charge in [0.2, 0.25) is 32.9 Å². The first-order valence-corrected chi connectivity index (χ1v) is 15.2. The van der Waals surface area contributed by atoms with Crippen LogP contribution in [0, 0.1) is 11.8 Å². The van der Waals surface area contributed by atoms with Gasteiger partial charge in [-0.3, -0.25) is 19.0 Å². The van der Waals surface area contributed by atoms with Crippen LogP contribution in [0.5, 0.6) is 0 Å². The molecule has 4 aliphatic rings. The Morgan fingerprint density at radius 1 is 0.805 bits per heavy atom. The number of sulfonamides is 2. The molecular weight excluding hydrogens is 647 g/mol. The molecule has 12 nitrogen and oxygen atoms in total. The summed E-state index contributed by atoms with van der Waals surface area (Å²) in [4.78, 5) is 35.4. The van der Waals surface area contributed by atoms with Crippen LogP contribution in [0.2, 0.25) is 0 Å². The summed E-state index contributed by atoms with van der Waals surface area (Å²) in [5.74, 6) is -4.82. The molecular formula is C21H34Cl2F4N4O8S2. The van der Waals surface area contributed by atoms with Gasteiger partial charge in [-0.2, -0.15) is 0 Å². The third kappa shape index (κ3) is 9.18. The van der Waals surface area contributed by atoms with Crippen molar-refractivity contribution >= 4 is 62.8 Å². The number of rotatable bonds is 9. The lowest BCUT2D eigenvalue weighted by atomic mass is 10.2. The van der Waals surface area contributed by atoms with Crippen molar-refractivity contribution in [3.8, 4) is 0 Å². The van der Waals surface area contributed by atoms with Gasteiger partial charge in [-0.25, -0.2) is 39.2 Å². The molecule has 0 bridgehead atoms. The Hall–Kier alpha value is -1.63. The van der Waals surface area contributed by atoms with E-state index < -0.39 is 89.8 Å². The molecule has 0 unspecified atom stereocenters. The van der Waals surface area contributed by atoms with Crippen LogP contribution in [0.25, 0.3) is 0 Å². The molecule has 0 spiro atoms. The van der Waals surface area contributed by atoms with Crippen LogP contribution in [0.1, 0.15) is 59.3 Å². The van der Waals surface area contributed by atoms with E-state index in [0.717, 1.165) is 0 Å². The number of carbonyl (C=O) groups excluding carboxylic acids is 3. The van der Waals surface area contributed by atoms with E-state index in [2.05, 4.69) is 5.32 Å². The van der Waals surface area contributed by atoms with Gasteiger partial charge in [-0.05, 0) is 59.3 Å². The van der Waals surface area contributed by atoms with Gasteiger partial charge < -0.3 is 15.8 Å². The monoisotopic (exact) mass is 680 g/mol. The number of nitrogens with one attached hydrogen (secondary N) is 3. The van der Waals surface area contributed by atoms with Crippen LogP contribution in [-0.4, -0.2) is 74.8 Å². The molecule has 0 aliphatic heterocycles. The first-order chi connectivity index (χ1) is 17.6. The van der Waals surface area contributed by atoms with Crippen LogP contribution in [0.4, 0.5) is 22.4 Å². The van der Waals surface area contributed by atoms with E-state index in [0.29, 0.717) is 25.7 Å². The molecule has 0 saturated heterocycles. The number of ether oxygens (including phenoxy) is 1. The van der Waals surface area contributed by atoms with E-state index in [1.807, 2.05) is 0 Å². The SMILES string of the molecule is CC(C)(C)OC(=O)N[C@]1(C(=O)NS(=O)(=O)C2CC2)C[C@H]1C(F)F.Cl.Cl.N[C@]1(C(=O)NS(=O)(=O)C2CC2)C[C@H]1C(F)F. The van der Waals surface area contributed by atoms with Crippen LogP contribution >= 0.6 is 24.8 Å². The quantitative estimate of drug-likeness (QED) is 0.262. The van der Waals surface area contributed by atoms with E-state index in [1.54, 1.807) is 30.2 Å². The second-order valence-electron chi connectivity index (χ2n) is 11.3. The zero-order chi connectivity index (χ0) is 29.8. The lowest BCUT2D eigenvalue weighted by molar-refractivity contribution is -0.123. The molecule has 0 aromatic heterocycles. The number of alkyl carbamates (subject to hydrolysis) is 1. The van der Waals surface area contributed by atoms with Gasteiger partial charge in [0.05, 0.1) is 16.4 Å². The third-order valence-electron chi connectivity index (χ3n) is 6.63. The van der Waals surface area contributed by atoms with Crippen LogP contribution in [0.3, 0.4) is 0 Å². The van der Waals surface area contributed by atoms with Gasteiger partial charge in [0.1, 0.15) is 16.7 Å². The molecule has 0 aromatic carbocycles. The number of carbonyl (C=O) groups is 3. The second kappa shape index (κ2) is 12.5. The highest BCUT2D eigenvalue weighted by Crippen LogP contribution is 2.48. The molecule has 0 radical (unpaired) electrons. The number of nitrogens with two attached hydrogens (primary N) is 1. The third-order valence-corrected chi connectivity index (χ3v) is 10.3. The lowest BCUT2D eigenvalue weighted by Gasteiger charge is -2.23. The fourth-order valence-corrected chi connectivity index (χ4v) is 6.52. The summed E-state index contributed by atoms with van der Waals surface area (Å²) in [7, 11) is -7.59. The van der Waals surface area contributed by atoms with Crippen molar-refractivity contribution in [3.63, 3.8) is 0 Å². The van der Waals surface area contributed by atoms with E-state index >= 15 is 0 Å². The average molecular weight is 682 g/mol. The van der Waals surface area contributed by atoms with E-state index in [1.165, 1.54) is 0 Å². The smallest absolute Gasteiger partial charge is 0.408 e. The van der Waals surface area contributed by atoms with Crippen molar-refractivity contribution in [1.29, 1.82) is 0 Å². The summed E-state index contributed by atoms with van der Waals surface area (Å²) < 4.78 is 105. The van der Waals surface area contributed by atoms with Gasteiger partial charge in [0.15, 0.2) is 0 Å². The standard InChI is InChI=1S/C13H20F2N2O5S.C8H12F2N2O3S.2ClH/c1-12(2,3)22-11(19)16-13(6-8(13)9(14)15)10(18)17-23(20,21)7-4-5-7;9-6(10)5-3-8(5,11)7(13)12-16(14,15)4-1-2-4;;/h7-9H,4-6H2,1-3H3,(H,16,19)(H,17,18);4-6H,1-3,11H2,(H,12,13);2*1H/t8-,13+;5-,8+;;/m00../s1. The predicted octanol–water partition coefficient (Wildman–Crippen LogP) is 1.56. The maximum absolute atomic E-state index is 12.9. The number of hydrogen-bond donors (Lipinski definition) is 4. The lowest BCUT2D eigenvalue weighted by Crippen LogP contribution is -2.53. The summed E-state index contributed by atoms with van der Waals surface area (Å²) in [6.07, 6.45) is -5.26. The topological polar surface area (TPSA) is 191 Å². The molecule has 0 aromatic rings. The molecule has 20 heteroatoms. The summed E-state index contributed by atoms with van der Waals surface area (Å²) in [6.45, 7) is 4.73. The summed E-state index contributed by atoms with van der Waals surface area (Å²) in [6, 6.07) is 0. The van der Waals surface area contributed by atoms with Crippen LogP contribution in [0.15, 0.2) is 0 Å². The van der Waals surface area contributed by atoms with Crippen LogP contribution in [-0.2, 0) is 34.4 Å². The van der Waals surface area contributed by atoms with Gasteiger partial charge in [0, 0.05) is 5.92 Å². The molecule has 4 fully saturated rings. The Labute approximate surface area is 247 Å². The van der Waals surface area contributed by atoms with Crippen molar-refractivity contribution in [3.05, 3.63) is 0 Å². The highest BCUT2D eigenvalue weighted by atomic mass is 35.5. The maximum Gasteiger partial charge on any atom is 0.408 e. The fourth-order valence-electron chi connectivity index (χ4n) is 3.79. The molecule has 0 heterocycles. The Bertz CT molecular complexity index is 1230. The molecule has 4 aliphatic carbocycles. The zero-order valence-electron chi connectivity index (χ0n) is 22.2. The fraction of sp³-hybridized carbons (Fsp3) is 0.857. The Morgan fingerprint density at radius 2 is 1.22 bits per heavy atom. The number of hydrogen-bond acceptors (Lipinski definition) is 9. The predicted molar refractivity (Wildman–Crippen MR) is 142 cm³/mol. The van der Waals surface area contributed by atoms with Crippen molar-refractivity contribution in [2.75, 3.05) is 0 Å². The van der Waals surface area contributed by atoms with Gasteiger partial charge in [-0.15, -0.1) is 24.8 Å². The molecule has 3 amide bonds. The number of alkyl halides is 4. The molecule has 240 valence electrons. The molecule has 4 atom stereocenters. The Balaban J connectivity index is 0.000000413. The summed E-state index contributed by atoms with van der Waals surface area (Å²) >= 11 is 0. The average Bonchev–Trinajstić information content (AvgIpc) is 3.59. The number of halogens is 6. The van der Waals surface area contributed by atoms with Crippen molar-refractivity contribution in [1.82, 2.24) is 14.8 Å². The molecule has 41 heavy (non-hydrogen) atoms. The maximum atomic E-state index is 12.9. The zero-order valence-corrected chi connectivity index (χ0v) is 25.5.